The molecule has 4 rings (SSSR count). The van der Waals surface area contributed by atoms with E-state index in [2.05, 4.69) is 58.5 Å². The number of likely N-dealkylation sites (tertiary alicyclic amines) is 1. The van der Waals surface area contributed by atoms with Crippen LogP contribution in [0.1, 0.15) is 38.2 Å². The van der Waals surface area contributed by atoms with Crippen LogP contribution in [-0.2, 0) is 16.0 Å². The van der Waals surface area contributed by atoms with Gasteiger partial charge in [0.2, 0.25) is 0 Å². The molecule has 0 amide bonds. The van der Waals surface area contributed by atoms with Gasteiger partial charge < -0.3 is 24.6 Å². The smallest absolute Gasteiger partial charge is 0.194 e. The standard InChI is InChI=1S/C24H36N4O2.HI/c1-2-25-24(26-18-20-7-9-21(10-8-20)27-13-3-4-14-27)28-15-11-22(12-16-28)30-19-23-6-5-17-29-23;/h3-4,7-10,22-23H,2,5-6,11-19H2,1H3,(H,25,26);1H. The van der Waals surface area contributed by atoms with Crippen LogP contribution in [0.3, 0.4) is 0 Å². The quantitative estimate of drug-likeness (QED) is 0.247. The summed E-state index contributed by atoms with van der Waals surface area (Å²) in [6.45, 7) is 9.36. The maximum atomic E-state index is 6.12. The topological polar surface area (TPSA) is 49.3 Å². The third kappa shape index (κ3) is 7.08. The maximum absolute atomic E-state index is 6.12. The summed E-state index contributed by atoms with van der Waals surface area (Å²) in [6.07, 6.45) is 9.52. The van der Waals surface area contributed by atoms with E-state index in [0.29, 0.717) is 18.8 Å². The van der Waals surface area contributed by atoms with Crippen molar-refractivity contribution in [2.45, 2.75) is 51.4 Å². The number of nitrogens with one attached hydrogen (secondary N) is 1. The molecule has 0 aliphatic carbocycles. The molecule has 1 unspecified atom stereocenters. The van der Waals surface area contributed by atoms with Crippen LogP contribution >= 0.6 is 24.0 Å². The van der Waals surface area contributed by atoms with Crippen molar-refractivity contribution >= 4 is 35.6 Å². The van der Waals surface area contributed by atoms with Gasteiger partial charge in [0, 0.05) is 45.0 Å². The number of hydrogen-bond donors (Lipinski definition) is 1. The Labute approximate surface area is 204 Å². The van der Waals surface area contributed by atoms with E-state index in [1.807, 2.05) is 0 Å². The second-order valence-electron chi connectivity index (χ2n) is 8.37. The molecular formula is C24H37IN4O2. The van der Waals surface area contributed by atoms with Gasteiger partial charge in [0.1, 0.15) is 0 Å². The molecular weight excluding hydrogens is 503 g/mol. The van der Waals surface area contributed by atoms with Gasteiger partial charge in [-0.1, -0.05) is 24.3 Å². The Morgan fingerprint density at radius 2 is 1.87 bits per heavy atom. The molecule has 0 aromatic heterocycles. The number of anilines is 1. The van der Waals surface area contributed by atoms with E-state index >= 15 is 0 Å². The third-order valence-electron chi connectivity index (χ3n) is 6.15. The van der Waals surface area contributed by atoms with Crippen molar-refractivity contribution in [2.75, 3.05) is 50.8 Å². The highest BCUT2D eigenvalue weighted by Crippen LogP contribution is 2.19. The largest absolute Gasteiger partial charge is 0.376 e. The van der Waals surface area contributed by atoms with Gasteiger partial charge in [0.05, 0.1) is 25.4 Å². The number of nitrogens with zero attached hydrogens (tertiary/aromatic N) is 3. The Hall–Kier alpha value is -1.32. The van der Waals surface area contributed by atoms with E-state index in [1.54, 1.807) is 0 Å². The molecule has 0 radical (unpaired) electrons. The minimum Gasteiger partial charge on any atom is -0.376 e. The molecule has 3 aliphatic rings. The zero-order chi connectivity index (χ0) is 20.6. The summed E-state index contributed by atoms with van der Waals surface area (Å²) in [5.74, 6) is 1.02. The Balaban J connectivity index is 0.00000272. The van der Waals surface area contributed by atoms with Crippen molar-refractivity contribution in [1.29, 1.82) is 0 Å². The number of ether oxygens (including phenoxy) is 2. The van der Waals surface area contributed by atoms with Crippen molar-refractivity contribution in [1.82, 2.24) is 10.2 Å². The third-order valence-corrected chi connectivity index (χ3v) is 6.15. The lowest BCUT2D eigenvalue weighted by atomic mass is 10.1. The lowest BCUT2D eigenvalue weighted by Crippen LogP contribution is -2.47. The zero-order valence-corrected chi connectivity index (χ0v) is 21.0. The minimum absolute atomic E-state index is 0. The van der Waals surface area contributed by atoms with Gasteiger partial charge in [-0.25, -0.2) is 4.99 Å². The second-order valence-corrected chi connectivity index (χ2v) is 8.37. The second kappa shape index (κ2) is 12.6. The van der Waals surface area contributed by atoms with E-state index < -0.39 is 0 Å². The van der Waals surface area contributed by atoms with Crippen molar-refractivity contribution in [3.05, 3.63) is 42.0 Å². The van der Waals surface area contributed by atoms with Crippen molar-refractivity contribution in [2.24, 2.45) is 4.99 Å². The highest BCUT2D eigenvalue weighted by Gasteiger charge is 2.24. The molecule has 172 valence electrons. The molecule has 1 aromatic carbocycles. The molecule has 1 atom stereocenters. The van der Waals surface area contributed by atoms with Gasteiger partial charge in [-0.2, -0.15) is 0 Å². The van der Waals surface area contributed by atoms with Crippen LogP contribution in [0, 0.1) is 0 Å². The predicted octanol–water partition coefficient (Wildman–Crippen LogP) is 3.81. The lowest BCUT2D eigenvalue weighted by Gasteiger charge is -2.34. The summed E-state index contributed by atoms with van der Waals surface area (Å²) in [4.78, 5) is 9.65. The first-order valence-electron chi connectivity index (χ1n) is 11.6. The Morgan fingerprint density at radius 3 is 2.52 bits per heavy atom. The van der Waals surface area contributed by atoms with Crippen LogP contribution in [0.15, 0.2) is 41.4 Å². The van der Waals surface area contributed by atoms with Gasteiger partial charge in [0.25, 0.3) is 0 Å². The molecule has 2 saturated heterocycles. The Kier molecular flexibility index (Phi) is 9.93. The Bertz CT molecular complexity index is 703. The molecule has 31 heavy (non-hydrogen) atoms. The number of benzene rings is 1. The molecule has 1 N–H and O–H groups in total. The van der Waals surface area contributed by atoms with E-state index in [1.165, 1.54) is 17.7 Å². The van der Waals surface area contributed by atoms with E-state index in [9.17, 15) is 0 Å². The molecule has 2 fully saturated rings. The summed E-state index contributed by atoms with van der Waals surface area (Å²) in [5, 5.41) is 3.47. The average molecular weight is 540 g/mol. The van der Waals surface area contributed by atoms with Gasteiger partial charge in [-0.05, 0) is 50.3 Å². The number of aliphatic imine (C=N–C) groups is 1. The van der Waals surface area contributed by atoms with E-state index in [4.69, 9.17) is 14.5 Å². The Morgan fingerprint density at radius 1 is 1.13 bits per heavy atom. The summed E-state index contributed by atoms with van der Waals surface area (Å²) in [5.41, 5.74) is 2.53. The van der Waals surface area contributed by atoms with Gasteiger partial charge in [-0.15, -0.1) is 24.0 Å². The van der Waals surface area contributed by atoms with Crippen LogP contribution < -0.4 is 10.2 Å². The predicted molar refractivity (Wildman–Crippen MR) is 138 cm³/mol. The SMILES string of the molecule is CCNC(=NCc1ccc(N2CC=CC2)cc1)N1CCC(OCC2CCCO2)CC1.I. The number of halogens is 1. The summed E-state index contributed by atoms with van der Waals surface area (Å²) in [6, 6.07) is 8.82. The summed E-state index contributed by atoms with van der Waals surface area (Å²) >= 11 is 0. The molecule has 0 bridgehead atoms. The van der Waals surface area contributed by atoms with Crippen LogP contribution in [0.25, 0.3) is 0 Å². The van der Waals surface area contributed by atoms with Crippen LogP contribution in [0.2, 0.25) is 0 Å². The molecule has 3 aliphatic heterocycles. The number of piperidine rings is 1. The van der Waals surface area contributed by atoms with Crippen LogP contribution in [0.5, 0.6) is 0 Å². The highest BCUT2D eigenvalue weighted by molar-refractivity contribution is 14.0. The minimum atomic E-state index is 0. The van der Waals surface area contributed by atoms with Crippen molar-refractivity contribution in [3.8, 4) is 0 Å². The number of rotatable bonds is 7. The monoisotopic (exact) mass is 540 g/mol. The maximum Gasteiger partial charge on any atom is 0.194 e. The fourth-order valence-electron chi connectivity index (χ4n) is 4.35. The number of guanidine groups is 1. The molecule has 0 spiro atoms. The normalized spacial score (nSPS) is 22.1. The first kappa shape index (κ1) is 24.3. The van der Waals surface area contributed by atoms with Gasteiger partial charge in [0.15, 0.2) is 5.96 Å². The fraction of sp³-hybridized carbons (Fsp3) is 0.625. The van der Waals surface area contributed by atoms with Crippen molar-refractivity contribution in [3.63, 3.8) is 0 Å². The lowest BCUT2D eigenvalue weighted by molar-refractivity contribution is -0.0367. The zero-order valence-electron chi connectivity index (χ0n) is 18.7. The van der Waals surface area contributed by atoms with E-state index in [-0.39, 0.29) is 24.0 Å². The summed E-state index contributed by atoms with van der Waals surface area (Å²) in [7, 11) is 0. The van der Waals surface area contributed by atoms with Gasteiger partial charge in [-0.3, -0.25) is 0 Å². The molecule has 0 saturated carbocycles. The molecule has 7 heteroatoms. The number of hydrogen-bond acceptors (Lipinski definition) is 4. The average Bonchev–Trinajstić information content (AvgIpc) is 3.51. The van der Waals surface area contributed by atoms with Crippen LogP contribution in [0.4, 0.5) is 5.69 Å². The first-order chi connectivity index (χ1) is 14.8. The molecule has 1 aromatic rings. The van der Waals surface area contributed by atoms with E-state index in [0.717, 1.165) is 71.2 Å². The fourth-order valence-corrected chi connectivity index (χ4v) is 4.35. The highest BCUT2D eigenvalue weighted by atomic mass is 127. The first-order valence-corrected chi connectivity index (χ1v) is 11.6. The molecule has 3 heterocycles. The van der Waals surface area contributed by atoms with Crippen molar-refractivity contribution < 1.29 is 9.47 Å². The molecule has 6 nitrogen and oxygen atoms in total. The summed E-state index contributed by atoms with van der Waals surface area (Å²) < 4.78 is 11.8. The van der Waals surface area contributed by atoms with Crippen LogP contribution in [-0.4, -0.2) is 69.0 Å². The van der Waals surface area contributed by atoms with Gasteiger partial charge >= 0.3 is 0 Å².